The molecule has 0 aliphatic rings. The lowest BCUT2D eigenvalue weighted by molar-refractivity contribution is 1.30. The number of nitrogens with one attached hydrogen (secondary N) is 1. The number of aromatic nitrogens is 1. The summed E-state index contributed by atoms with van der Waals surface area (Å²) in [6.45, 7) is 9.71. The molecule has 0 spiro atoms. The van der Waals surface area contributed by atoms with Crippen LogP contribution in [0.15, 0.2) is 29.7 Å². The zero-order chi connectivity index (χ0) is 11.9. The van der Waals surface area contributed by atoms with E-state index in [1.54, 1.807) is 6.20 Å². The minimum Gasteiger partial charge on any atom is -0.360 e. The van der Waals surface area contributed by atoms with Crippen molar-refractivity contribution >= 4 is 16.5 Å². The summed E-state index contributed by atoms with van der Waals surface area (Å²) in [6.07, 6.45) is 1.74. The first-order valence-electron chi connectivity index (χ1n) is 5.29. The molecule has 0 aliphatic heterocycles. The van der Waals surface area contributed by atoms with E-state index >= 15 is 0 Å². The van der Waals surface area contributed by atoms with Crippen molar-refractivity contribution in [3.05, 3.63) is 51.8 Å². The van der Waals surface area contributed by atoms with Crippen LogP contribution in [0.3, 0.4) is 0 Å². The van der Waals surface area contributed by atoms with E-state index in [1.165, 1.54) is 5.56 Å². The highest BCUT2D eigenvalue weighted by Crippen LogP contribution is 2.16. The molecule has 16 heavy (non-hydrogen) atoms. The van der Waals surface area contributed by atoms with Crippen molar-refractivity contribution in [3.8, 4) is 0 Å². The predicted molar refractivity (Wildman–Crippen MR) is 68.8 cm³/mol. The number of H-pyrrole nitrogens is 1. The first-order valence-corrected chi connectivity index (χ1v) is 5.29. The summed E-state index contributed by atoms with van der Waals surface area (Å²) in [6, 6.07) is 3.95. The van der Waals surface area contributed by atoms with Gasteiger partial charge >= 0.3 is 0 Å². The van der Waals surface area contributed by atoms with E-state index in [0.717, 1.165) is 22.0 Å². The molecule has 1 aromatic heterocycles. The maximum Gasteiger partial charge on any atom is 0.196 e. The van der Waals surface area contributed by atoms with Gasteiger partial charge in [-0.05, 0) is 49.6 Å². The van der Waals surface area contributed by atoms with Crippen LogP contribution in [0, 0.1) is 13.8 Å². The molecule has 1 aromatic carbocycles. The van der Waals surface area contributed by atoms with E-state index in [0.29, 0.717) is 5.56 Å². The van der Waals surface area contributed by atoms with Crippen LogP contribution < -0.4 is 5.43 Å². The second-order valence-electron chi connectivity index (χ2n) is 4.29. The highest BCUT2D eigenvalue weighted by Gasteiger charge is 2.06. The zero-order valence-corrected chi connectivity index (χ0v) is 9.85. The second kappa shape index (κ2) is 3.63. The topological polar surface area (TPSA) is 32.9 Å². The lowest BCUT2D eigenvalue weighted by Gasteiger charge is -2.06. The molecule has 1 N–H and O–H groups in total. The summed E-state index contributed by atoms with van der Waals surface area (Å²) in [4.78, 5) is 15.3. The van der Waals surface area contributed by atoms with Crippen molar-refractivity contribution in [1.29, 1.82) is 0 Å². The van der Waals surface area contributed by atoms with E-state index in [2.05, 4.69) is 11.6 Å². The van der Waals surface area contributed by atoms with E-state index in [9.17, 15) is 4.79 Å². The maximum absolute atomic E-state index is 12.2. The molecule has 0 aliphatic carbocycles. The van der Waals surface area contributed by atoms with E-state index in [1.807, 2.05) is 32.9 Å². The highest BCUT2D eigenvalue weighted by atomic mass is 16.1. The number of aryl methyl sites for hydroxylation is 2. The summed E-state index contributed by atoms with van der Waals surface area (Å²) in [5.74, 6) is 0. The molecule has 82 valence electrons. The molecule has 2 nitrogen and oxygen atoms in total. The van der Waals surface area contributed by atoms with E-state index < -0.39 is 0 Å². The molecule has 0 saturated carbocycles. The summed E-state index contributed by atoms with van der Waals surface area (Å²) in [5.41, 5.74) is 4.72. The third-order valence-electron chi connectivity index (χ3n) is 2.95. The monoisotopic (exact) mass is 213 g/mol. The number of fused-ring (bicyclic) bond motifs is 1. The Labute approximate surface area is 94.6 Å². The molecule has 0 atom stereocenters. The van der Waals surface area contributed by atoms with Crippen LogP contribution in [0.4, 0.5) is 0 Å². The van der Waals surface area contributed by atoms with Gasteiger partial charge in [0.15, 0.2) is 5.43 Å². The quantitative estimate of drug-likeness (QED) is 0.775. The lowest BCUT2D eigenvalue weighted by atomic mass is 10.0. The molecular weight excluding hydrogens is 198 g/mol. The van der Waals surface area contributed by atoms with Crippen molar-refractivity contribution in [3.63, 3.8) is 0 Å². The van der Waals surface area contributed by atoms with Gasteiger partial charge in [-0.25, -0.2) is 0 Å². The minimum absolute atomic E-state index is 0.0596. The largest absolute Gasteiger partial charge is 0.360 e. The van der Waals surface area contributed by atoms with Gasteiger partial charge < -0.3 is 4.98 Å². The van der Waals surface area contributed by atoms with Gasteiger partial charge in [-0.1, -0.05) is 6.58 Å². The number of hydrogen-bond acceptors (Lipinski definition) is 1. The van der Waals surface area contributed by atoms with Crippen LogP contribution in [-0.4, -0.2) is 4.98 Å². The zero-order valence-electron chi connectivity index (χ0n) is 9.85. The van der Waals surface area contributed by atoms with Gasteiger partial charge in [0.05, 0.1) is 0 Å². The molecule has 2 aromatic rings. The average Bonchev–Trinajstić information content (AvgIpc) is 2.21. The van der Waals surface area contributed by atoms with Gasteiger partial charge in [-0.15, -0.1) is 0 Å². The Morgan fingerprint density at radius 1 is 1.25 bits per heavy atom. The lowest BCUT2D eigenvalue weighted by Crippen LogP contribution is -2.08. The van der Waals surface area contributed by atoms with Crippen LogP contribution >= 0.6 is 0 Å². The number of allylic oxidation sites excluding steroid dienone is 1. The van der Waals surface area contributed by atoms with Gasteiger partial charge in [0, 0.05) is 22.7 Å². The Kier molecular flexibility index (Phi) is 2.43. The third kappa shape index (κ3) is 1.56. The first kappa shape index (κ1) is 10.7. The summed E-state index contributed by atoms with van der Waals surface area (Å²) >= 11 is 0. The number of rotatable bonds is 1. The number of pyridine rings is 1. The third-order valence-corrected chi connectivity index (χ3v) is 2.95. The molecule has 2 rings (SSSR count). The maximum atomic E-state index is 12.2. The highest BCUT2D eigenvalue weighted by molar-refractivity contribution is 5.83. The average molecular weight is 213 g/mol. The standard InChI is InChI=1S/C14H15NO/c1-8(2)12-7-15-13-6-10(4)9(3)5-11(13)14(12)16/h5-7H,1H2,2-4H3,(H,15,16). The van der Waals surface area contributed by atoms with Crippen molar-refractivity contribution < 1.29 is 0 Å². The SMILES string of the molecule is C=C(C)c1c[nH]c2cc(C)c(C)cc2c1=O. The van der Waals surface area contributed by atoms with Crippen LogP contribution in [0.5, 0.6) is 0 Å². The number of benzene rings is 1. The summed E-state index contributed by atoms with van der Waals surface area (Å²) in [5, 5.41) is 0.739. The van der Waals surface area contributed by atoms with Crippen molar-refractivity contribution in [2.45, 2.75) is 20.8 Å². The number of hydrogen-bond donors (Lipinski definition) is 1. The van der Waals surface area contributed by atoms with Crippen LogP contribution in [0.1, 0.15) is 23.6 Å². The summed E-state index contributed by atoms with van der Waals surface area (Å²) in [7, 11) is 0. The van der Waals surface area contributed by atoms with Crippen LogP contribution in [0.25, 0.3) is 16.5 Å². The molecule has 0 saturated heterocycles. The minimum atomic E-state index is 0.0596. The van der Waals surface area contributed by atoms with Gasteiger partial charge in [0.1, 0.15) is 0 Å². The molecule has 0 amide bonds. The van der Waals surface area contributed by atoms with Crippen molar-refractivity contribution in [2.24, 2.45) is 0 Å². The Morgan fingerprint density at radius 3 is 2.50 bits per heavy atom. The Bertz CT molecular complexity index is 635. The van der Waals surface area contributed by atoms with Gasteiger partial charge in [0.2, 0.25) is 0 Å². The fourth-order valence-electron chi connectivity index (χ4n) is 1.80. The fourth-order valence-corrected chi connectivity index (χ4v) is 1.80. The van der Waals surface area contributed by atoms with Crippen LogP contribution in [-0.2, 0) is 0 Å². The van der Waals surface area contributed by atoms with Gasteiger partial charge in [-0.2, -0.15) is 0 Å². The molecule has 1 heterocycles. The Balaban J connectivity index is 2.90. The molecule has 0 unspecified atom stereocenters. The van der Waals surface area contributed by atoms with Gasteiger partial charge in [-0.3, -0.25) is 4.79 Å². The first-order chi connectivity index (χ1) is 7.50. The molecule has 0 radical (unpaired) electrons. The normalized spacial score (nSPS) is 10.7. The fraction of sp³-hybridized carbons (Fsp3) is 0.214. The number of aromatic amines is 1. The molecule has 2 heteroatoms. The Morgan fingerprint density at radius 2 is 1.88 bits per heavy atom. The molecular formula is C14H15NO. The van der Waals surface area contributed by atoms with Crippen molar-refractivity contribution in [2.75, 3.05) is 0 Å². The molecule has 0 bridgehead atoms. The summed E-state index contributed by atoms with van der Waals surface area (Å²) < 4.78 is 0. The van der Waals surface area contributed by atoms with Crippen molar-refractivity contribution in [1.82, 2.24) is 4.98 Å². The smallest absolute Gasteiger partial charge is 0.196 e. The second-order valence-corrected chi connectivity index (χ2v) is 4.29. The van der Waals surface area contributed by atoms with E-state index in [-0.39, 0.29) is 5.43 Å². The Hall–Kier alpha value is -1.83. The predicted octanol–water partition coefficient (Wildman–Crippen LogP) is 3.18. The molecule has 0 fully saturated rings. The van der Waals surface area contributed by atoms with Gasteiger partial charge in [0.25, 0.3) is 0 Å². The van der Waals surface area contributed by atoms with Crippen LogP contribution in [0.2, 0.25) is 0 Å². The van der Waals surface area contributed by atoms with E-state index in [4.69, 9.17) is 0 Å².